The molecule has 8 nitrogen and oxygen atoms in total. The van der Waals surface area contributed by atoms with Crippen molar-refractivity contribution in [2.45, 2.75) is 26.8 Å². The number of amides is 3. The molecule has 156 valence electrons. The Balaban J connectivity index is 1.56. The van der Waals surface area contributed by atoms with E-state index in [2.05, 4.69) is 15.6 Å². The van der Waals surface area contributed by atoms with E-state index in [0.29, 0.717) is 29.6 Å². The first-order chi connectivity index (χ1) is 14.4. The summed E-state index contributed by atoms with van der Waals surface area (Å²) in [7, 11) is 0. The molecule has 3 amide bonds. The maximum atomic E-state index is 12.4. The molecule has 1 aromatic carbocycles. The van der Waals surface area contributed by atoms with Gasteiger partial charge in [0.15, 0.2) is 10.9 Å². The number of carbonyl (C=O) groups excluding carboxylic acids is 3. The van der Waals surface area contributed by atoms with Crippen molar-refractivity contribution in [2.24, 2.45) is 0 Å². The van der Waals surface area contributed by atoms with Crippen LogP contribution in [0.25, 0.3) is 0 Å². The summed E-state index contributed by atoms with van der Waals surface area (Å²) in [4.78, 5) is 41.9. The predicted octanol–water partition coefficient (Wildman–Crippen LogP) is 3.54. The Kier molecular flexibility index (Phi) is 6.97. The number of carbonyl (C=O) groups is 3. The van der Waals surface area contributed by atoms with Crippen molar-refractivity contribution in [3.63, 3.8) is 0 Å². The molecule has 0 aliphatic rings. The lowest BCUT2D eigenvalue weighted by Crippen LogP contribution is -2.27. The van der Waals surface area contributed by atoms with Crippen molar-refractivity contribution >= 4 is 39.9 Å². The van der Waals surface area contributed by atoms with Gasteiger partial charge in [-0.05, 0) is 36.8 Å². The molecule has 2 heterocycles. The van der Waals surface area contributed by atoms with E-state index in [9.17, 15) is 14.4 Å². The molecule has 0 unspecified atom stereocenters. The molecule has 0 aliphatic heterocycles. The summed E-state index contributed by atoms with van der Waals surface area (Å²) in [5.74, 6) is -0.421. The molecule has 3 aromatic rings. The number of furan rings is 1. The molecule has 9 heteroatoms. The Labute approximate surface area is 177 Å². The van der Waals surface area contributed by atoms with Crippen LogP contribution in [-0.4, -0.2) is 34.2 Å². The maximum absolute atomic E-state index is 12.4. The second kappa shape index (κ2) is 9.84. The topological polar surface area (TPSA) is 105 Å². The number of anilines is 2. The summed E-state index contributed by atoms with van der Waals surface area (Å²) < 4.78 is 5.04. The fourth-order valence-corrected chi connectivity index (χ4v) is 3.50. The molecular formula is C21H22N4O4S. The Bertz CT molecular complexity index is 1030. The van der Waals surface area contributed by atoms with Gasteiger partial charge in [0.2, 0.25) is 11.8 Å². The first kappa shape index (κ1) is 21.3. The highest BCUT2D eigenvalue weighted by atomic mass is 32.1. The van der Waals surface area contributed by atoms with Crippen LogP contribution in [0, 0.1) is 0 Å². The van der Waals surface area contributed by atoms with Gasteiger partial charge in [-0.25, -0.2) is 4.98 Å². The Hall–Kier alpha value is -3.46. The summed E-state index contributed by atoms with van der Waals surface area (Å²) >= 11 is 1.24. The van der Waals surface area contributed by atoms with Crippen molar-refractivity contribution in [1.82, 2.24) is 9.88 Å². The molecule has 0 saturated carbocycles. The lowest BCUT2D eigenvalue weighted by atomic mass is 10.2. The molecule has 0 radical (unpaired) electrons. The molecule has 2 N–H and O–H groups in total. The fourth-order valence-electron chi connectivity index (χ4n) is 2.80. The number of aromatic nitrogens is 1. The van der Waals surface area contributed by atoms with Crippen molar-refractivity contribution in [2.75, 3.05) is 17.2 Å². The van der Waals surface area contributed by atoms with Crippen LogP contribution in [0.3, 0.4) is 0 Å². The highest BCUT2D eigenvalue weighted by Gasteiger charge is 2.13. The molecule has 0 atom stereocenters. The summed E-state index contributed by atoms with van der Waals surface area (Å²) in [6.45, 7) is 4.56. The lowest BCUT2D eigenvalue weighted by molar-refractivity contribution is -0.129. The molecular weight excluding hydrogens is 404 g/mol. The molecule has 0 fully saturated rings. The van der Waals surface area contributed by atoms with E-state index in [-0.39, 0.29) is 24.0 Å². The zero-order chi connectivity index (χ0) is 21.5. The number of hydrogen-bond donors (Lipinski definition) is 2. The van der Waals surface area contributed by atoms with Gasteiger partial charge in [0.25, 0.3) is 5.91 Å². The molecule has 3 rings (SSSR count). The minimum Gasteiger partial charge on any atom is -0.459 e. The van der Waals surface area contributed by atoms with E-state index in [1.54, 1.807) is 28.5 Å². The molecule has 2 aromatic heterocycles. The zero-order valence-corrected chi connectivity index (χ0v) is 17.5. The van der Waals surface area contributed by atoms with Gasteiger partial charge in [-0.1, -0.05) is 12.1 Å². The van der Waals surface area contributed by atoms with Crippen molar-refractivity contribution in [1.29, 1.82) is 0 Å². The zero-order valence-electron chi connectivity index (χ0n) is 16.7. The van der Waals surface area contributed by atoms with Gasteiger partial charge >= 0.3 is 0 Å². The second-order valence-corrected chi connectivity index (χ2v) is 7.39. The van der Waals surface area contributed by atoms with E-state index in [1.807, 2.05) is 25.1 Å². The predicted molar refractivity (Wildman–Crippen MR) is 114 cm³/mol. The molecule has 0 aliphatic carbocycles. The lowest BCUT2D eigenvalue weighted by Gasteiger charge is -2.19. The summed E-state index contributed by atoms with van der Waals surface area (Å²) in [5.41, 5.74) is 2.14. The standard InChI is InChI=1S/C21H22N4O4S/c1-3-25(14(2)26)12-15-6-4-7-16(10-15)22-19(27)11-17-13-30-21(23-17)24-20(28)18-8-5-9-29-18/h4-10,13H,3,11-12H2,1-2H3,(H,22,27)(H,23,24,28). The first-order valence-corrected chi connectivity index (χ1v) is 10.3. The van der Waals surface area contributed by atoms with Crippen LogP contribution in [0.15, 0.2) is 52.5 Å². The van der Waals surface area contributed by atoms with Gasteiger partial charge < -0.3 is 14.6 Å². The van der Waals surface area contributed by atoms with Crippen LogP contribution < -0.4 is 10.6 Å². The van der Waals surface area contributed by atoms with Gasteiger partial charge in [0.1, 0.15) is 0 Å². The van der Waals surface area contributed by atoms with Gasteiger partial charge in [0.05, 0.1) is 18.4 Å². The van der Waals surface area contributed by atoms with Crippen LogP contribution >= 0.6 is 11.3 Å². The van der Waals surface area contributed by atoms with Crippen LogP contribution in [-0.2, 0) is 22.6 Å². The van der Waals surface area contributed by atoms with E-state index in [0.717, 1.165) is 5.56 Å². The number of rotatable bonds is 8. The fraction of sp³-hybridized carbons (Fsp3) is 0.238. The third kappa shape index (κ3) is 5.77. The molecule has 30 heavy (non-hydrogen) atoms. The largest absolute Gasteiger partial charge is 0.459 e. The summed E-state index contributed by atoms with van der Waals surface area (Å²) in [5, 5.41) is 7.60. The minimum absolute atomic E-state index is 0.00501. The number of benzene rings is 1. The van der Waals surface area contributed by atoms with Crippen molar-refractivity contribution in [3.05, 3.63) is 65.1 Å². The number of nitrogens with zero attached hydrogens (tertiary/aromatic N) is 2. The van der Waals surface area contributed by atoms with Gasteiger partial charge in [-0.2, -0.15) is 0 Å². The van der Waals surface area contributed by atoms with Crippen LogP contribution in [0.2, 0.25) is 0 Å². The third-order valence-corrected chi connectivity index (χ3v) is 5.08. The van der Waals surface area contributed by atoms with Crippen LogP contribution in [0.4, 0.5) is 10.8 Å². The number of hydrogen-bond acceptors (Lipinski definition) is 6. The highest BCUT2D eigenvalue weighted by molar-refractivity contribution is 7.14. The minimum atomic E-state index is -0.395. The van der Waals surface area contributed by atoms with E-state index < -0.39 is 5.91 Å². The Morgan fingerprint density at radius 2 is 2.00 bits per heavy atom. The average molecular weight is 426 g/mol. The number of nitrogens with one attached hydrogen (secondary N) is 2. The molecule has 0 bridgehead atoms. The highest BCUT2D eigenvalue weighted by Crippen LogP contribution is 2.18. The summed E-state index contributed by atoms with van der Waals surface area (Å²) in [6.07, 6.45) is 1.49. The third-order valence-electron chi connectivity index (χ3n) is 4.27. The second-order valence-electron chi connectivity index (χ2n) is 6.53. The van der Waals surface area contributed by atoms with E-state index in [4.69, 9.17) is 4.42 Å². The monoisotopic (exact) mass is 426 g/mol. The van der Waals surface area contributed by atoms with Crippen molar-refractivity contribution in [3.8, 4) is 0 Å². The average Bonchev–Trinajstić information content (AvgIpc) is 3.38. The van der Waals surface area contributed by atoms with E-state index in [1.165, 1.54) is 24.5 Å². The van der Waals surface area contributed by atoms with Gasteiger partial charge in [0, 0.05) is 31.1 Å². The molecule has 0 spiro atoms. The quantitative estimate of drug-likeness (QED) is 0.573. The Morgan fingerprint density at radius 1 is 1.17 bits per heavy atom. The summed E-state index contributed by atoms with van der Waals surface area (Å²) in [6, 6.07) is 10.6. The SMILES string of the molecule is CCN(Cc1cccc(NC(=O)Cc2csc(NC(=O)c3ccco3)n2)c1)C(C)=O. The number of thiazole rings is 1. The van der Waals surface area contributed by atoms with E-state index >= 15 is 0 Å². The first-order valence-electron chi connectivity index (χ1n) is 9.38. The van der Waals surface area contributed by atoms with Crippen LogP contribution in [0.5, 0.6) is 0 Å². The van der Waals surface area contributed by atoms with Gasteiger partial charge in [-0.3, -0.25) is 19.7 Å². The normalized spacial score (nSPS) is 10.5. The maximum Gasteiger partial charge on any atom is 0.293 e. The molecule has 0 saturated heterocycles. The Morgan fingerprint density at radius 3 is 2.70 bits per heavy atom. The smallest absolute Gasteiger partial charge is 0.293 e. The van der Waals surface area contributed by atoms with Crippen molar-refractivity contribution < 1.29 is 18.8 Å². The van der Waals surface area contributed by atoms with Gasteiger partial charge in [-0.15, -0.1) is 11.3 Å². The van der Waals surface area contributed by atoms with Crippen LogP contribution in [0.1, 0.15) is 35.7 Å².